The summed E-state index contributed by atoms with van der Waals surface area (Å²) in [6, 6.07) is 0. The van der Waals surface area contributed by atoms with Crippen molar-refractivity contribution in [2.24, 2.45) is 0 Å². The van der Waals surface area contributed by atoms with Gasteiger partial charge in [0.1, 0.15) is 0 Å². The van der Waals surface area contributed by atoms with Crippen molar-refractivity contribution in [1.29, 1.82) is 0 Å². The summed E-state index contributed by atoms with van der Waals surface area (Å²) in [5.74, 6) is 1.07. The average Bonchev–Trinajstić information content (AvgIpc) is 1.68. The van der Waals surface area contributed by atoms with E-state index in [0.717, 1.165) is 10.8 Å². The van der Waals surface area contributed by atoms with Gasteiger partial charge in [-0.3, -0.25) is 0 Å². The second kappa shape index (κ2) is 5.42. The molecule has 0 bridgehead atoms. The molecule has 4 heteroatoms. The minimum Gasteiger partial charge on any atom is -0.165 e. The van der Waals surface area contributed by atoms with E-state index in [4.69, 9.17) is 21.4 Å². The lowest BCUT2D eigenvalue weighted by Crippen LogP contribution is -1.74. The predicted octanol–water partition coefficient (Wildman–Crippen LogP) is 3.01. The molecule has 0 saturated heterocycles. The Labute approximate surface area is 60.3 Å². The first-order chi connectivity index (χ1) is 3.31. The summed E-state index contributed by atoms with van der Waals surface area (Å²) in [4.78, 5) is 0. The predicted molar refractivity (Wildman–Crippen MR) is 43.7 cm³/mol. The smallest absolute Gasteiger partial charge is 0.0485 e. The van der Waals surface area contributed by atoms with Gasteiger partial charge in [0, 0.05) is 5.08 Å². The Balaban J connectivity index is 2.83. The molecular formula is C3H8Cl2S2. The van der Waals surface area contributed by atoms with Crippen LogP contribution in [-0.4, -0.2) is 10.8 Å². The van der Waals surface area contributed by atoms with Crippen molar-refractivity contribution in [1.82, 2.24) is 0 Å². The van der Waals surface area contributed by atoms with Gasteiger partial charge in [-0.2, -0.15) is 10.1 Å². The molecule has 7 heavy (non-hydrogen) atoms. The van der Waals surface area contributed by atoms with Crippen LogP contribution in [0.15, 0.2) is 0 Å². The molecule has 0 nitrogen and oxygen atoms in total. The molecular weight excluding hydrogens is 171 g/mol. The number of rotatable bonds is 3. The van der Waals surface area contributed by atoms with Crippen LogP contribution in [0.1, 0.15) is 6.92 Å². The largest absolute Gasteiger partial charge is 0.165 e. The zero-order chi connectivity index (χ0) is 5.70. The van der Waals surface area contributed by atoms with Gasteiger partial charge in [-0.25, -0.2) is 0 Å². The quantitative estimate of drug-likeness (QED) is 0.650. The summed E-state index contributed by atoms with van der Waals surface area (Å²) in [5.41, 5.74) is 0. The second-order valence-corrected chi connectivity index (χ2v) is 5.91. The fourth-order valence-corrected chi connectivity index (χ4v) is 3.25. The Kier molecular flexibility index (Phi) is 6.41. The fourth-order valence-electron chi connectivity index (χ4n) is 0.144. The number of hydrogen-bond acceptors (Lipinski definition) is 1. The average molecular weight is 179 g/mol. The second-order valence-electron chi connectivity index (χ2n) is 1.02. The van der Waals surface area contributed by atoms with Gasteiger partial charge in [0.25, 0.3) is 0 Å². The molecule has 0 aliphatic rings. The van der Waals surface area contributed by atoms with E-state index in [1.54, 1.807) is 0 Å². The zero-order valence-electron chi connectivity index (χ0n) is 4.03. The molecule has 0 N–H and O–H groups in total. The minimum atomic E-state index is -0.275. The summed E-state index contributed by atoms with van der Waals surface area (Å²) in [7, 11) is 12.1. The molecule has 0 aromatic heterocycles. The standard InChI is InChI=1S/C3H8Cl2S2/c1-2-7(5)3-6-4/h7H,2-3H2,1H3. The number of hydrogen-bond donors (Lipinski definition) is 1. The first-order valence-electron chi connectivity index (χ1n) is 1.95. The van der Waals surface area contributed by atoms with Crippen LogP contribution in [0.2, 0.25) is 0 Å². The number of halogens is 2. The van der Waals surface area contributed by atoms with Crippen LogP contribution in [0.3, 0.4) is 0 Å². The van der Waals surface area contributed by atoms with Crippen LogP contribution in [0.5, 0.6) is 0 Å². The summed E-state index contributed by atoms with van der Waals surface area (Å²) in [6.45, 7) is 2.08. The molecule has 0 rings (SSSR count). The van der Waals surface area contributed by atoms with Gasteiger partial charge in [0.2, 0.25) is 0 Å². The lowest BCUT2D eigenvalue weighted by Gasteiger charge is -2.04. The van der Waals surface area contributed by atoms with Gasteiger partial charge < -0.3 is 0 Å². The van der Waals surface area contributed by atoms with Crippen LogP contribution in [0, 0.1) is 0 Å². The Morgan fingerprint density at radius 2 is 2.29 bits per heavy atom. The van der Waals surface area contributed by atoms with Gasteiger partial charge in [0.05, 0.1) is 0 Å². The van der Waals surface area contributed by atoms with Gasteiger partial charge in [-0.05, 0) is 27.4 Å². The van der Waals surface area contributed by atoms with Crippen LogP contribution >= 0.6 is 42.4 Å². The van der Waals surface area contributed by atoms with Crippen LogP contribution in [-0.2, 0) is 0 Å². The van der Waals surface area contributed by atoms with Gasteiger partial charge in [-0.1, -0.05) is 17.6 Å². The van der Waals surface area contributed by atoms with Gasteiger partial charge >= 0.3 is 0 Å². The normalized spacial score (nSPS) is 16.7. The summed E-state index contributed by atoms with van der Waals surface area (Å²) < 4.78 is 0. The molecule has 0 saturated carbocycles. The highest BCUT2D eigenvalue weighted by molar-refractivity contribution is 8.44. The van der Waals surface area contributed by atoms with E-state index >= 15 is 0 Å². The van der Waals surface area contributed by atoms with Crippen molar-refractivity contribution in [3.63, 3.8) is 0 Å². The highest BCUT2D eigenvalue weighted by atomic mass is 35.7. The van der Waals surface area contributed by atoms with Crippen LogP contribution in [0.4, 0.5) is 0 Å². The molecule has 1 atom stereocenters. The topological polar surface area (TPSA) is 0 Å². The van der Waals surface area contributed by atoms with Crippen LogP contribution in [0.25, 0.3) is 0 Å². The van der Waals surface area contributed by atoms with Crippen molar-refractivity contribution < 1.29 is 0 Å². The molecule has 0 spiro atoms. The van der Waals surface area contributed by atoms with Crippen molar-refractivity contribution >= 4 is 42.4 Å². The lowest BCUT2D eigenvalue weighted by molar-refractivity contribution is 1.53. The monoisotopic (exact) mass is 178 g/mol. The minimum absolute atomic E-state index is 0.275. The van der Waals surface area contributed by atoms with Crippen molar-refractivity contribution in [3.8, 4) is 0 Å². The summed E-state index contributed by atoms with van der Waals surface area (Å²) >= 11 is 0. The van der Waals surface area contributed by atoms with Gasteiger partial charge in [-0.15, -0.1) is 0 Å². The Bertz CT molecular complexity index is 41.9. The van der Waals surface area contributed by atoms with E-state index in [1.165, 1.54) is 11.0 Å². The maximum Gasteiger partial charge on any atom is 0.0485 e. The van der Waals surface area contributed by atoms with E-state index in [9.17, 15) is 0 Å². The SMILES string of the molecule is CC[SH](Cl)CSCl. The van der Waals surface area contributed by atoms with E-state index in [1.807, 2.05) is 0 Å². The maximum absolute atomic E-state index is 5.72. The van der Waals surface area contributed by atoms with E-state index in [0.29, 0.717) is 0 Å². The molecule has 0 aliphatic carbocycles. The zero-order valence-corrected chi connectivity index (χ0v) is 7.25. The first kappa shape index (κ1) is 8.28. The van der Waals surface area contributed by atoms with Gasteiger partial charge in [0.15, 0.2) is 0 Å². The highest BCUT2D eigenvalue weighted by Gasteiger charge is 1.91. The summed E-state index contributed by atoms with van der Waals surface area (Å²) in [6.07, 6.45) is 0. The third-order valence-corrected chi connectivity index (χ3v) is 5.20. The third kappa shape index (κ3) is 5.15. The highest BCUT2D eigenvalue weighted by Crippen LogP contribution is 2.35. The first-order valence-corrected chi connectivity index (χ1v) is 6.38. The van der Waals surface area contributed by atoms with Crippen molar-refractivity contribution in [2.45, 2.75) is 6.92 Å². The Hall–Kier alpha value is 1.28. The fraction of sp³-hybridized carbons (Fsp3) is 1.00. The van der Waals surface area contributed by atoms with Crippen LogP contribution < -0.4 is 0 Å². The molecule has 0 heterocycles. The van der Waals surface area contributed by atoms with E-state index in [2.05, 4.69) is 6.92 Å². The maximum atomic E-state index is 5.72. The van der Waals surface area contributed by atoms with Crippen molar-refractivity contribution in [3.05, 3.63) is 0 Å². The number of thiol groups is 1. The molecule has 0 amide bonds. The molecule has 0 radical (unpaired) electrons. The molecule has 0 aromatic rings. The molecule has 46 valence electrons. The van der Waals surface area contributed by atoms with E-state index < -0.39 is 0 Å². The Morgan fingerprint density at radius 1 is 1.71 bits per heavy atom. The molecule has 0 fully saturated rings. The van der Waals surface area contributed by atoms with E-state index in [-0.39, 0.29) is 10.1 Å². The van der Waals surface area contributed by atoms with Crippen molar-refractivity contribution in [2.75, 3.05) is 10.8 Å². The Morgan fingerprint density at radius 3 is 2.43 bits per heavy atom. The molecule has 0 aliphatic heterocycles. The summed E-state index contributed by atoms with van der Waals surface area (Å²) in [5, 5.41) is 0.912. The lowest BCUT2D eigenvalue weighted by atomic mass is 11.0. The molecule has 0 aromatic carbocycles. The molecule has 1 unspecified atom stereocenters. The third-order valence-electron chi connectivity index (χ3n) is 0.532.